The van der Waals surface area contributed by atoms with Crippen molar-refractivity contribution in [1.29, 1.82) is 0 Å². The van der Waals surface area contributed by atoms with E-state index < -0.39 is 26.4 Å². The fourth-order valence-electron chi connectivity index (χ4n) is 5.15. The van der Waals surface area contributed by atoms with Crippen LogP contribution in [-0.2, 0) is 9.22 Å². The summed E-state index contributed by atoms with van der Waals surface area (Å²) in [6.07, 6.45) is 3.70. The van der Waals surface area contributed by atoms with Crippen molar-refractivity contribution in [3.05, 3.63) is 0 Å². The number of carboxylic acids is 1. The number of rotatable bonds is 5. The van der Waals surface area contributed by atoms with Crippen molar-refractivity contribution in [2.75, 3.05) is 0 Å². The smallest absolute Gasteiger partial charge is 0.338 e. The molecule has 5 heteroatoms. The van der Waals surface area contributed by atoms with Crippen molar-refractivity contribution in [2.24, 2.45) is 23.2 Å². The average Bonchev–Trinajstić information content (AvgIpc) is 2.82. The van der Waals surface area contributed by atoms with Crippen molar-refractivity contribution >= 4 is 14.3 Å². The Morgan fingerprint density at radius 3 is 2.40 bits per heavy atom. The summed E-state index contributed by atoms with van der Waals surface area (Å²) in [5, 5.41) is 9.27. The number of carboxylic acid groups (broad SMARTS) is 1. The van der Waals surface area contributed by atoms with Crippen LogP contribution in [0.5, 0.6) is 0 Å². The third-order valence-electron chi connectivity index (χ3n) is 7.72. The highest BCUT2D eigenvalue weighted by Crippen LogP contribution is 2.59. The standard InChI is InChI=1S/C20H37FO3Si/c1-13(17(21)18(22)23)14-10-11-15-16(9-8-12-20(14,15)5)24-25(6,7)19(2,3)4/h13-17H,8-12H2,1-7H3,(H,22,23)/t13-,14+,15-,16-,17-,20+/m0/s1. The first-order valence-corrected chi connectivity index (χ1v) is 12.8. The Bertz CT molecular complexity index is 502. The number of hydrogen-bond acceptors (Lipinski definition) is 2. The van der Waals surface area contributed by atoms with E-state index in [9.17, 15) is 9.18 Å². The summed E-state index contributed by atoms with van der Waals surface area (Å²) < 4.78 is 21.0. The second kappa shape index (κ2) is 6.95. The molecule has 0 amide bonds. The Morgan fingerprint density at radius 1 is 1.28 bits per heavy atom. The van der Waals surface area contributed by atoms with Gasteiger partial charge in [0.25, 0.3) is 0 Å². The summed E-state index contributed by atoms with van der Waals surface area (Å²) in [6, 6.07) is 0. The molecule has 2 rings (SSSR count). The number of halogens is 1. The minimum Gasteiger partial charge on any atom is -0.479 e. The van der Waals surface area contributed by atoms with Gasteiger partial charge in [0, 0.05) is 12.0 Å². The Balaban J connectivity index is 2.20. The van der Waals surface area contributed by atoms with Gasteiger partial charge in [-0.1, -0.05) is 41.0 Å². The molecule has 0 unspecified atom stereocenters. The van der Waals surface area contributed by atoms with Crippen molar-refractivity contribution in [2.45, 2.75) is 97.1 Å². The van der Waals surface area contributed by atoms with E-state index in [1.807, 2.05) is 0 Å². The molecule has 0 aromatic carbocycles. The molecular weight excluding hydrogens is 335 g/mol. The van der Waals surface area contributed by atoms with Gasteiger partial charge in [0.05, 0.1) is 0 Å². The molecule has 0 saturated heterocycles. The molecular formula is C20H37FO3Si. The first-order valence-electron chi connectivity index (χ1n) is 9.86. The van der Waals surface area contributed by atoms with Gasteiger partial charge in [-0.3, -0.25) is 0 Å². The van der Waals surface area contributed by atoms with Gasteiger partial charge in [0.2, 0.25) is 0 Å². The molecule has 6 atom stereocenters. The molecule has 2 saturated carbocycles. The normalized spacial score (nSPS) is 35.9. The van der Waals surface area contributed by atoms with Crippen LogP contribution in [0.4, 0.5) is 4.39 Å². The molecule has 146 valence electrons. The van der Waals surface area contributed by atoms with E-state index in [2.05, 4.69) is 40.8 Å². The van der Waals surface area contributed by atoms with Gasteiger partial charge in [-0.2, -0.15) is 0 Å². The topological polar surface area (TPSA) is 46.5 Å². The van der Waals surface area contributed by atoms with Crippen LogP contribution in [0.1, 0.15) is 66.7 Å². The lowest BCUT2D eigenvalue weighted by atomic mass is 9.61. The minimum atomic E-state index is -1.84. The number of carbonyl (C=O) groups is 1. The zero-order valence-electron chi connectivity index (χ0n) is 17.1. The molecule has 0 radical (unpaired) electrons. The van der Waals surface area contributed by atoms with Crippen LogP contribution >= 0.6 is 0 Å². The van der Waals surface area contributed by atoms with Crippen molar-refractivity contribution in [3.8, 4) is 0 Å². The molecule has 2 aliphatic carbocycles. The molecule has 0 heterocycles. The van der Waals surface area contributed by atoms with Crippen LogP contribution in [0.2, 0.25) is 18.1 Å². The monoisotopic (exact) mass is 372 g/mol. The van der Waals surface area contributed by atoms with Crippen LogP contribution in [0, 0.1) is 23.2 Å². The van der Waals surface area contributed by atoms with E-state index in [1.54, 1.807) is 6.92 Å². The van der Waals surface area contributed by atoms with Gasteiger partial charge in [0.15, 0.2) is 14.5 Å². The van der Waals surface area contributed by atoms with Gasteiger partial charge in [-0.05, 0) is 61.1 Å². The maximum atomic E-state index is 14.2. The molecule has 0 spiro atoms. The predicted octanol–water partition coefficient (Wildman–Crippen LogP) is 5.65. The van der Waals surface area contributed by atoms with Gasteiger partial charge < -0.3 is 9.53 Å². The summed E-state index contributed by atoms with van der Waals surface area (Å²) in [5.41, 5.74) is 0.00445. The van der Waals surface area contributed by atoms with Gasteiger partial charge in [0.1, 0.15) is 0 Å². The van der Waals surface area contributed by atoms with Crippen LogP contribution in [0.15, 0.2) is 0 Å². The number of fused-ring (bicyclic) bond motifs is 1. The zero-order chi connectivity index (χ0) is 19.2. The van der Waals surface area contributed by atoms with Gasteiger partial charge >= 0.3 is 5.97 Å². The molecule has 25 heavy (non-hydrogen) atoms. The highest BCUT2D eigenvalue weighted by Gasteiger charge is 2.55. The molecule has 0 aliphatic heterocycles. The van der Waals surface area contributed by atoms with E-state index in [1.165, 1.54) is 0 Å². The minimum absolute atomic E-state index is 0.00445. The van der Waals surface area contributed by atoms with Crippen LogP contribution in [-0.4, -0.2) is 31.7 Å². The highest BCUT2D eigenvalue weighted by atomic mass is 28.4. The molecule has 0 aromatic rings. The number of hydrogen-bond donors (Lipinski definition) is 1. The second-order valence-electron chi connectivity index (χ2n) is 10.2. The summed E-state index contributed by atoms with van der Waals surface area (Å²) in [5.74, 6) is -1.18. The first-order chi connectivity index (χ1) is 11.3. The molecule has 0 aromatic heterocycles. The average molecular weight is 373 g/mol. The SMILES string of the molecule is C[C@H]([C@H](F)C(=O)O)[C@H]1CC[C@H]2[C@@H](O[Si](C)(C)C(C)(C)C)CCC[C@]12C. The van der Waals surface area contributed by atoms with Crippen molar-refractivity contribution in [3.63, 3.8) is 0 Å². The Hall–Kier alpha value is -0.423. The Kier molecular flexibility index (Phi) is 5.81. The summed E-state index contributed by atoms with van der Waals surface area (Å²) in [4.78, 5) is 11.1. The first kappa shape index (κ1) is 20.9. The summed E-state index contributed by atoms with van der Waals surface area (Å²) in [6.45, 7) is 15.5. The molecule has 3 nitrogen and oxygen atoms in total. The molecule has 1 N–H and O–H groups in total. The second-order valence-corrected chi connectivity index (χ2v) is 15.0. The fourth-order valence-corrected chi connectivity index (χ4v) is 6.54. The van der Waals surface area contributed by atoms with E-state index in [4.69, 9.17) is 9.53 Å². The quantitative estimate of drug-likeness (QED) is 0.634. The third-order valence-corrected chi connectivity index (χ3v) is 12.2. The van der Waals surface area contributed by atoms with Crippen molar-refractivity contribution in [1.82, 2.24) is 0 Å². The maximum Gasteiger partial charge on any atom is 0.338 e. The largest absolute Gasteiger partial charge is 0.479 e. The van der Waals surface area contributed by atoms with Crippen LogP contribution in [0.3, 0.4) is 0 Å². The van der Waals surface area contributed by atoms with Crippen LogP contribution in [0.25, 0.3) is 0 Å². The van der Waals surface area contributed by atoms with Gasteiger partial charge in [-0.15, -0.1) is 0 Å². The van der Waals surface area contributed by atoms with E-state index in [0.29, 0.717) is 5.92 Å². The number of alkyl halides is 1. The fraction of sp³-hybridized carbons (Fsp3) is 0.950. The van der Waals surface area contributed by atoms with Gasteiger partial charge in [-0.25, -0.2) is 9.18 Å². The lowest BCUT2D eigenvalue weighted by Crippen LogP contribution is -2.50. The molecule has 2 fully saturated rings. The number of aliphatic carboxylic acids is 1. The summed E-state index contributed by atoms with van der Waals surface area (Å²) in [7, 11) is -1.84. The zero-order valence-corrected chi connectivity index (χ0v) is 18.1. The third kappa shape index (κ3) is 3.82. The van der Waals surface area contributed by atoms with E-state index in [0.717, 1.165) is 32.1 Å². The predicted molar refractivity (Wildman–Crippen MR) is 102 cm³/mol. The van der Waals surface area contributed by atoms with E-state index >= 15 is 0 Å². The molecule has 0 bridgehead atoms. The van der Waals surface area contributed by atoms with E-state index in [-0.39, 0.29) is 22.5 Å². The Labute approximate surface area is 153 Å². The lowest BCUT2D eigenvalue weighted by Gasteiger charge is -2.50. The summed E-state index contributed by atoms with van der Waals surface area (Å²) >= 11 is 0. The highest BCUT2D eigenvalue weighted by molar-refractivity contribution is 6.74. The lowest BCUT2D eigenvalue weighted by molar-refractivity contribution is -0.146. The maximum absolute atomic E-state index is 14.2. The van der Waals surface area contributed by atoms with Crippen molar-refractivity contribution < 1.29 is 18.7 Å². The molecule has 2 aliphatic rings. The van der Waals surface area contributed by atoms with Crippen LogP contribution < -0.4 is 0 Å². The Morgan fingerprint density at radius 2 is 1.88 bits per heavy atom.